The summed E-state index contributed by atoms with van der Waals surface area (Å²) < 4.78 is 19.9. The SMILES string of the molecule is NC1=C(N2CCC(OCCN3CCCC3)CC2)C(F)=CNC1. The van der Waals surface area contributed by atoms with Crippen LogP contribution in [0.4, 0.5) is 4.39 Å². The topological polar surface area (TPSA) is 53.8 Å². The molecule has 3 N–H and O–H groups in total. The van der Waals surface area contributed by atoms with Crippen LogP contribution in [-0.2, 0) is 4.74 Å². The van der Waals surface area contributed by atoms with Crippen LogP contribution < -0.4 is 11.1 Å². The monoisotopic (exact) mass is 310 g/mol. The average molecular weight is 310 g/mol. The lowest BCUT2D eigenvalue weighted by Gasteiger charge is -2.36. The van der Waals surface area contributed by atoms with E-state index in [1.165, 1.54) is 32.1 Å². The van der Waals surface area contributed by atoms with Crippen LogP contribution in [0.1, 0.15) is 25.7 Å². The molecule has 3 rings (SSSR count). The maximum Gasteiger partial charge on any atom is 0.163 e. The van der Waals surface area contributed by atoms with Crippen LogP contribution in [0.25, 0.3) is 0 Å². The molecule has 3 heterocycles. The van der Waals surface area contributed by atoms with Crippen molar-refractivity contribution in [3.05, 3.63) is 23.4 Å². The first-order valence-corrected chi connectivity index (χ1v) is 8.41. The highest BCUT2D eigenvalue weighted by Crippen LogP contribution is 2.25. The molecule has 0 aromatic carbocycles. The lowest BCUT2D eigenvalue weighted by molar-refractivity contribution is 0.00569. The molecule has 0 bridgehead atoms. The Morgan fingerprint density at radius 2 is 1.95 bits per heavy atom. The smallest absolute Gasteiger partial charge is 0.163 e. The van der Waals surface area contributed by atoms with Crippen LogP contribution in [-0.4, -0.2) is 61.8 Å². The molecule has 0 aromatic rings. The van der Waals surface area contributed by atoms with E-state index in [2.05, 4.69) is 15.1 Å². The summed E-state index contributed by atoms with van der Waals surface area (Å²) in [7, 11) is 0. The number of nitrogens with one attached hydrogen (secondary N) is 1. The largest absolute Gasteiger partial charge is 0.399 e. The maximum absolute atomic E-state index is 13.9. The Balaban J connectivity index is 1.41. The molecule has 6 heteroatoms. The van der Waals surface area contributed by atoms with Crippen molar-refractivity contribution in [1.82, 2.24) is 15.1 Å². The maximum atomic E-state index is 13.9. The molecule has 0 saturated carbocycles. The van der Waals surface area contributed by atoms with Crippen LogP contribution in [0.2, 0.25) is 0 Å². The van der Waals surface area contributed by atoms with E-state index in [0.717, 1.165) is 39.1 Å². The number of hydrogen-bond donors (Lipinski definition) is 2. The van der Waals surface area contributed by atoms with Crippen molar-refractivity contribution in [2.45, 2.75) is 31.8 Å². The van der Waals surface area contributed by atoms with E-state index >= 15 is 0 Å². The minimum atomic E-state index is -0.253. The van der Waals surface area contributed by atoms with Crippen molar-refractivity contribution in [3.8, 4) is 0 Å². The molecule has 5 nitrogen and oxygen atoms in total. The minimum Gasteiger partial charge on any atom is -0.399 e. The van der Waals surface area contributed by atoms with Crippen molar-refractivity contribution >= 4 is 0 Å². The second-order valence-electron chi connectivity index (χ2n) is 6.35. The van der Waals surface area contributed by atoms with E-state index in [1.807, 2.05) is 0 Å². The molecular formula is C16H27FN4O. The van der Waals surface area contributed by atoms with Crippen molar-refractivity contribution in [2.24, 2.45) is 5.73 Å². The molecule has 3 aliphatic rings. The van der Waals surface area contributed by atoms with Gasteiger partial charge in [-0.1, -0.05) is 0 Å². The third kappa shape index (κ3) is 3.73. The highest BCUT2D eigenvalue weighted by atomic mass is 19.1. The molecule has 2 fully saturated rings. The van der Waals surface area contributed by atoms with Crippen LogP contribution >= 0.6 is 0 Å². The fraction of sp³-hybridized carbons (Fsp3) is 0.750. The molecule has 0 aromatic heterocycles. The van der Waals surface area contributed by atoms with Crippen molar-refractivity contribution in [3.63, 3.8) is 0 Å². The summed E-state index contributed by atoms with van der Waals surface area (Å²) in [5.74, 6) is -0.253. The van der Waals surface area contributed by atoms with Gasteiger partial charge in [0.05, 0.1) is 30.6 Å². The minimum absolute atomic E-state index is 0.253. The van der Waals surface area contributed by atoms with Gasteiger partial charge in [0.15, 0.2) is 5.83 Å². The molecule has 0 aliphatic carbocycles. The van der Waals surface area contributed by atoms with Crippen LogP contribution in [0.15, 0.2) is 23.4 Å². The predicted molar refractivity (Wildman–Crippen MR) is 84.6 cm³/mol. The third-order valence-electron chi connectivity index (χ3n) is 4.77. The summed E-state index contributed by atoms with van der Waals surface area (Å²) in [6, 6.07) is 0. The Labute approximate surface area is 132 Å². The fourth-order valence-electron chi connectivity index (χ4n) is 3.51. The fourth-order valence-corrected chi connectivity index (χ4v) is 3.51. The second kappa shape index (κ2) is 7.33. The summed E-state index contributed by atoms with van der Waals surface area (Å²) in [6.07, 6.45) is 6.24. The number of hydrogen-bond acceptors (Lipinski definition) is 5. The summed E-state index contributed by atoms with van der Waals surface area (Å²) in [5.41, 5.74) is 7.11. The second-order valence-corrected chi connectivity index (χ2v) is 6.35. The van der Waals surface area contributed by atoms with Gasteiger partial charge in [0.25, 0.3) is 0 Å². The van der Waals surface area contributed by atoms with Crippen LogP contribution in [0.5, 0.6) is 0 Å². The summed E-state index contributed by atoms with van der Waals surface area (Å²) in [5, 5.41) is 2.84. The number of likely N-dealkylation sites (tertiary alicyclic amines) is 2. The molecule has 124 valence electrons. The zero-order valence-corrected chi connectivity index (χ0v) is 13.2. The van der Waals surface area contributed by atoms with E-state index in [1.54, 1.807) is 0 Å². The molecular weight excluding hydrogens is 283 g/mol. The summed E-state index contributed by atoms with van der Waals surface area (Å²) in [4.78, 5) is 4.53. The quantitative estimate of drug-likeness (QED) is 0.798. The van der Waals surface area contributed by atoms with E-state index in [4.69, 9.17) is 10.5 Å². The normalized spacial score (nSPS) is 24.6. The number of rotatable bonds is 5. The van der Waals surface area contributed by atoms with Gasteiger partial charge in [-0.3, -0.25) is 0 Å². The van der Waals surface area contributed by atoms with Gasteiger partial charge < -0.3 is 25.6 Å². The Morgan fingerprint density at radius 1 is 1.23 bits per heavy atom. The highest BCUT2D eigenvalue weighted by Gasteiger charge is 2.26. The van der Waals surface area contributed by atoms with E-state index < -0.39 is 0 Å². The number of piperidine rings is 1. The Hall–Kier alpha value is -1.27. The van der Waals surface area contributed by atoms with Crippen LogP contribution in [0, 0.1) is 0 Å². The number of dihydropyridines is 1. The lowest BCUT2D eigenvalue weighted by atomic mass is 10.1. The van der Waals surface area contributed by atoms with Gasteiger partial charge in [-0.2, -0.15) is 0 Å². The molecule has 0 atom stereocenters. The number of nitrogens with zero attached hydrogens (tertiary/aromatic N) is 2. The lowest BCUT2D eigenvalue weighted by Crippen LogP contribution is -2.40. The number of nitrogens with two attached hydrogens (primary N) is 1. The Bertz CT molecular complexity index is 437. The van der Waals surface area contributed by atoms with E-state index in [-0.39, 0.29) is 5.83 Å². The summed E-state index contributed by atoms with van der Waals surface area (Å²) in [6.45, 7) is 6.44. The number of allylic oxidation sites excluding steroid dienone is 1. The van der Waals surface area contributed by atoms with Gasteiger partial charge >= 0.3 is 0 Å². The van der Waals surface area contributed by atoms with Gasteiger partial charge in [0, 0.05) is 25.8 Å². The molecule has 0 spiro atoms. The predicted octanol–water partition coefficient (Wildman–Crippen LogP) is 1.15. The molecule has 0 unspecified atom stereocenters. The van der Waals surface area contributed by atoms with Crippen molar-refractivity contribution in [1.29, 1.82) is 0 Å². The molecule has 0 radical (unpaired) electrons. The number of halogens is 1. The van der Waals surface area contributed by atoms with E-state index in [0.29, 0.717) is 24.0 Å². The Morgan fingerprint density at radius 3 is 2.64 bits per heavy atom. The Kier molecular flexibility index (Phi) is 5.20. The average Bonchev–Trinajstić information content (AvgIpc) is 3.02. The van der Waals surface area contributed by atoms with Crippen molar-refractivity contribution in [2.75, 3.05) is 45.9 Å². The first kappa shape index (κ1) is 15.6. The van der Waals surface area contributed by atoms with Gasteiger partial charge in [0.1, 0.15) is 0 Å². The van der Waals surface area contributed by atoms with E-state index in [9.17, 15) is 4.39 Å². The highest BCUT2D eigenvalue weighted by molar-refractivity contribution is 5.32. The molecule has 0 amide bonds. The standard InChI is InChI=1S/C16H27FN4O/c17-14-11-19-12-15(18)16(14)21-7-3-13(4-8-21)22-10-9-20-5-1-2-6-20/h11,13,19H,1-10,12,18H2. The summed E-state index contributed by atoms with van der Waals surface area (Å²) >= 11 is 0. The van der Waals surface area contributed by atoms with Gasteiger partial charge in [-0.05, 0) is 38.8 Å². The van der Waals surface area contributed by atoms with Gasteiger partial charge in [-0.15, -0.1) is 0 Å². The van der Waals surface area contributed by atoms with Crippen LogP contribution in [0.3, 0.4) is 0 Å². The third-order valence-corrected chi connectivity index (χ3v) is 4.77. The number of ether oxygens (including phenoxy) is 1. The van der Waals surface area contributed by atoms with Gasteiger partial charge in [0.2, 0.25) is 0 Å². The van der Waals surface area contributed by atoms with Crippen molar-refractivity contribution < 1.29 is 9.13 Å². The molecule has 22 heavy (non-hydrogen) atoms. The first-order valence-electron chi connectivity index (χ1n) is 8.41. The zero-order valence-electron chi connectivity index (χ0n) is 13.2. The molecule has 3 aliphatic heterocycles. The van der Waals surface area contributed by atoms with Gasteiger partial charge in [-0.25, -0.2) is 4.39 Å². The molecule has 2 saturated heterocycles. The zero-order chi connectivity index (χ0) is 15.4. The first-order chi connectivity index (χ1) is 10.7.